The maximum absolute atomic E-state index is 12.2. The zero-order valence-electron chi connectivity index (χ0n) is 12.4. The van der Waals surface area contributed by atoms with Gasteiger partial charge in [-0.25, -0.2) is 0 Å². The molecule has 3 rings (SSSR count). The van der Waals surface area contributed by atoms with E-state index in [4.69, 9.17) is 0 Å². The van der Waals surface area contributed by atoms with Crippen molar-refractivity contribution >= 4 is 11.8 Å². The van der Waals surface area contributed by atoms with Crippen LogP contribution in [0.15, 0.2) is 30.3 Å². The molecule has 0 bridgehead atoms. The van der Waals surface area contributed by atoms with E-state index in [1.165, 1.54) is 0 Å². The van der Waals surface area contributed by atoms with Crippen LogP contribution in [-0.2, 0) is 4.79 Å². The van der Waals surface area contributed by atoms with Crippen molar-refractivity contribution in [2.24, 2.45) is 11.8 Å². The largest absolute Gasteiger partial charge is 0.349 e. The maximum Gasteiger partial charge on any atom is 0.251 e. The van der Waals surface area contributed by atoms with E-state index in [-0.39, 0.29) is 17.9 Å². The smallest absolute Gasteiger partial charge is 0.251 e. The molecule has 2 amide bonds. The topological polar surface area (TPSA) is 49.4 Å². The van der Waals surface area contributed by atoms with Crippen molar-refractivity contribution < 1.29 is 9.59 Å². The second-order valence-electron chi connectivity index (χ2n) is 6.26. The molecule has 1 aliphatic heterocycles. The van der Waals surface area contributed by atoms with E-state index in [2.05, 4.69) is 12.2 Å². The summed E-state index contributed by atoms with van der Waals surface area (Å²) in [7, 11) is 0. The average Bonchev–Trinajstić information content (AvgIpc) is 3.25. The van der Waals surface area contributed by atoms with Gasteiger partial charge in [-0.1, -0.05) is 25.1 Å². The van der Waals surface area contributed by atoms with Crippen molar-refractivity contribution in [1.29, 1.82) is 0 Å². The number of nitrogens with zero attached hydrogens (tertiary/aromatic N) is 1. The highest BCUT2D eigenvalue weighted by atomic mass is 16.2. The Balaban J connectivity index is 1.48. The van der Waals surface area contributed by atoms with Gasteiger partial charge in [0.1, 0.15) is 0 Å². The van der Waals surface area contributed by atoms with Gasteiger partial charge in [-0.15, -0.1) is 0 Å². The molecular formula is C17H22N2O2. The van der Waals surface area contributed by atoms with Crippen molar-refractivity contribution in [3.05, 3.63) is 35.9 Å². The van der Waals surface area contributed by atoms with Crippen LogP contribution in [0, 0.1) is 11.8 Å². The van der Waals surface area contributed by atoms with Crippen molar-refractivity contribution in [1.82, 2.24) is 10.2 Å². The monoisotopic (exact) mass is 286 g/mol. The molecule has 1 saturated carbocycles. The molecule has 1 aromatic carbocycles. The normalized spacial score (nSPS) is 25.5. The fraction of sp³-hybridized carbons (Fsp3) is 0.529. The number of hydrogen-bond donors (Lipinski definition) is 1. The fourth-order valence-corrected chi connectivity index (χ4v) is 3.00. The molecule has 2 unspecified atom stereocenters. The lowest BCUT2D eigenvalue weighted by atomic mass is 10.0. The van der Waals surface area contributed by atoms with Crippen LogP contribution in [0.3, 0.4) is 0 Å². The van der Waals surface area contributed by atoms with Gasteiger partial charge in [-0.2, -0.15) is 0 Å². The number of amides is 2. The summed E-state index contributed by atoms with van der Waals surface area (Å²) in [5, 5.41) is 3.07. The minimum atomic E-state index is -0.0174. The van der Waals surface area contributed by atoms with Crippen LogP contribution in [0.1, 0.15) is 36.5 Å². The van der Waals surface area contributed by atoms with Gasteiger partial charge in [0, 0.05) is 30.6 Å². The third kappa shape index (κ3) is 3.26. The zero-order chi connectivity index (χ0) is 14.8. The SMILES string of the molecule is CC1CC1C(=O)N1CCC(NC(=O)c2ccccc2)CC1. The number of benzene rings is 1. The third-order valence-corrected chi connectivity index (χ3v) is 4.60. The predicted octanol–water partition coefficient (Wildman–Crippen LogP) is 2.06. The van der Waals surface area contributed by atoms with Gasteiger partial charge in [0.05, 0.1) is 0 Å². The van der Waals surface area contributed by atoms with Crippen molar-refractivity contribution in [3.63, 3.8) is 0 Å². The van der Waals surface area contributed by atoms with E-state index in [1.54, 1.807) is 0 Å². The Kier molecular flexibility index (Phi) is 3.95. The van der Waals surface area contributed by atoms with E-state index in [1.807, 2.05) is 35.2 Å². The lowest BCUT2D eigenvalue weighted by Crippen LogP contribution is -2.47. The minimum Gasteiger partial charge on any atom is -0.349 e. The van der Waals surface area contributed by atoms with Crippen LogP contribution in [0.4, 0.5) is 0 Å². The quantitative estimate of drug-likeness (QED) is 0.924. The zero-order valence-corrected chi connectivity index (χ0v) is 12.4. The van der Waals surface area contributed by atoms with Gasteiger partial charge in [-0.3, -0.25) is 9.59 Å². The lowest BCUT2D eigenvalue weighted by Gasteiger charge is -2.32. The molecule has 2 atom stereocenters. The van der Waals surface area contributed by atoms with Crippen molar-refractivity contribution in [2.45, 2.75) is 32.2 Å². The Bertz CT molecular complexity index is 521. The molecule has 2 fully saturated rings. The van der Waals surface area contributed by atoms with E-state index in [0.29, 0.717) is 17.4 Å². The molecular weight excluding hydrogens is 264 g/mol. The first-order chi connectivity index (χ1) is 10.1. The molecule has 4 nitrogen and oxygen atoms in total. The molecule has 0 spiro atoms. The summed E-state index contributed by atoms with van der Waals surface area (Å²) in [4.78, 5) is 26.2. The minimum absolute atomic E-state index is 0.0174. The van der Waals surface area contributed by atoms with Gasteiger partial charge < -0.3 is 10.2 Å². The molecule has 112 valence electrons. The summed E-state index contributed by atoms with van der Waals surface area (Å²) < 4.78 is 0. The number of rotatable bonds is 3. The Hall–Kier alpha value is -1.84. The van der Waals surface area contributed by atoms with Gasteiger partial charge in [0.2, 0.25) is 5.91 Å². The summed E-state index contributed by atoms with van der Waals surface area (Å²) in [6.45, 7) is 3.67. The van der Waals surface area contributed by atoms with Crippen molar-refractivity contribution in [3.8, 4) is 0 Å². The highest BCUT2D eigenvalue weighted by Crippen LogP contribution is 2.39. The number of likely N-dealkylation sites (tertiary alicyclic amines) is 1. The van der Waals surface area contributed by atoms with Crippen LogP contribution in [-0.4, -0.2) is 35.8 Å². The second kappa shape index (κ2) is 5.88. The molecule has 0 radical (unpaired) electrons. The van der Waals surface area contributed by atoms with E-state index >= 15 is 0 Å². The van der Waals surface area contributed by atoms with Crippen molar-refractivity contribution in [2.75, 3.05) is 13.1 Å². The number of piperidine rings is 1. The number of hydrogen-bond acceptors (Lipinski definition) is 2. The van der Waals surface area contributed by atoms with Gasteiger partial charge in [0.15, 0.2) is 0 Å². The Morgan fingerprint density at radius 3 is 2.33 bits per heavy atom. The molecule has 0 aromatic heterocycles. The number of nitrogens with one attached hydrogen (secondary N) is 1. The van der Waals surface area contributed by atoms with Gasteiger partial charge >= 0.3 is 0 Å². The Labute approximate surface area is 125 Å². The molecule has 1 heterocycles. The van der Waals surface area contributed by atoms with Gasteiger partial charge in [-0.05, 0) is 37.3 Å². The first-order valence-electron chi connectivity index (χ1n) is 7.80. The van der Waals surface area contributed by atoms with Crippen LogP contribution in [0.2, 0.25) is 0 Å². The standard InChI is InChI=1S/C17H22N2O2/c1-12-11-15(12)17(21)19-9-7-14(8-10-19)18-16(20)13-5-3-2-4-6-13/h2-6,12,14-15H,7-11H2,1H3,(H,18,20). The predicted molar refractivity (Wildman–Crippen MR) is 80.8 cm³/mol. The Morgan fingerprint density at radius 2 is 1.76 bits per heavy atom. The first-order valence-corrected chi connectivity index (χ1v) is 7.80. The van der Waals surface area contributed by atoms with E-state index in [0.717, 1.165) is 32.4 Å². The molecule has 1 aliphatic carbocycles. The van der Waals surface area contributed by atoms with Crippen LogP contribution >= 0.6 is 0 Å². The van der Waals surface area contributed by atoms with Gasteiger partial charge in [0.25, 0.3) is 5.91 Å². The summed E-state index contributed by atoms with van der Waals surface area (Å²) in [5.41, 5.74) is 0.697. The number of carbonyl (C=O) groups is 2. The molecule has 21 heavy (non-hydrogen) atoms. The summed E-state index contributed by atoms with van der Waals surface area (Å²) in [6, 6.07) is 9.46. The van der Waals surface area contributed by atoms with E-state index < -0.39 is 0 Å². The number of carbonyl (C=O) groups excluding carboxylic acids is 2. The summed E-state index contributed by atoms with van der Waals surface area (Å²) in [5.74, 6) is 1.12. The average molecular weight is 286 g/mol. The molecule has 1 aromatic rings. The highest BCUT2D eigenvalue weighted by molar-refractivity contribution is 5.94. The maximum atomic E-state index is 12.2. The van der Waals surface area contributed by atoms with Crippen LogP contribution in [0.5, 0.6) is 0 Å². The fourth-order valence-electron chi connectivity index (χ4n) is 3.00. The third-order valence-electron chi connectivity index (χ3n) is 4.60. The highest BCUT2D eigenvalue weighted by Gasteiger charge is 2.42. The summed E-state index contributed by atoms with van der Waals surface area (Å²) in [6.07, 6.45) is 2.75. The second-order valence-corrected chi connectivity index (χ2v) is 6.26. The molecule has 2 aliphatic rings. The first kappa shape index (κ1) is 14.1. The molecule has 4 heteroatoms. The van der Waals surface area contributed by atoms with Crippen LogP contribution < -0.4 is 5.32 Å². The molecule has 1 N–H and O–H groups in total. The van der Waals surface area contributed by atoms with E-state index in [9.17, 15) is 9.59 Å². The lowest BCUT2D eigenvalue weighted by molar-refractivity contribution is -0.133. The van der Waals surface area contributed by atoms with Crippen LogP contribution in [0.25, 0.3) is 0 Å². The summed E-state index contributed by atoms with van der Waals surface area (Å²) >= 11 is 0. The molecule has 1 saturated heterocycles. The Morgan fingerprint density at radius 1 is 1.14 bits per heavy atom.